The molecule has 1 aliphatic rings. The van der Waals surface area contributed by atoms with Crippen molar-refractivity contribution in [2.24, 2.45) is 0 Å². The summed E-state index contributed by atoms with van der Waals surface area (Å²) < 4.78 is 5.75. The fraction of sp³-hybridized carbons (Fsp3) is 0.125. The van der Waals surface area contributed by atoms with Crippen LogP contribution in [0, 0.1) is 0 Å². The number of para-hydroxylation sites is 1. The van der Waals surface area contributed by atoms with Crippen molar-refractivity contribution in [3.8, 4) is 11.5 Å². The van der Waals surface area contributed by atoms with E-state index in [9.17, 15) is 9.59 Å². The number of nitrogens with one attached hydrogen (secondary N) is 1. The smallest absolute Gasteiger partial charge is 0.224 e. The number of rotatable bonds is 3. The molecule has 0 aliphatic carbocycles. The van der Waals surface area contributed by atoms with E-state index in [1.807, 2.05) is 18.2 Å². The SMILES string of the molecule is O=Cc1ccccc1Oc1ccc2c(c1)CCC(=O)N2. The number of aryl methyl sites for hydroxylation is 1. The summed E-state index contributed by atoms with van der Waals surface area (Å²) in [7, 11) is 0. The monoisotopic (exact) mass is 267 g/mol. The van der Waals surface area contributed by atoms with Gasteiger partial charge in [0.15, 0.2) is 6.29 Å². The Morgan fingerprint density at radius 3 is 2.80 bits per heavy atom. The third-order valence-electron chi connectivity index (χ3n) is 3.25. The van der Waals surface area contributed by atoms with Crippen LogP contribution in [0.5, 0.6) is 11.5 Å². The Hall–Kier alpha value is -2.62. The molecule has 0 unspecified atom stereocenters. The molecular formula is C16H13NO3. The predicted molar refractivity (Wildman–Crippen MR) is 75.3 cm³/mol. The lowest BCUT2D eigenvalue weighted by molar-refractivity contribution is -0.116. The van der Waals surface area contributed by atoms with Gasteiger partial charge in [-0.2, -0.15) is 0 Å². The Morgan fingerprint density at radius 1 is 1.10 bits per heavy atom. The summed E-state index contributed by atoms with van der Waals surface area (Å²) >= 11 is 0. The zero-order valence-electron chi connectivity index (χ0n) is 10.8. The van der Waals surface area contributed by atoms with Crippen LogP contribution in [0.4, 0.5) is 5.69 Å². The highest BCUT2D eigenvalue weighted by molar-refractivity contribution is 5.94. The molecule has 100 valence electrons. The van der Waals surface area contributed by atoms with Gasteiger partial charge in [-0.3, -0.25) is 9.59 Å². The molecule has 20 heavy (non-hydrogen) atoms. The first-order valence-electron chi connectivity index (χ1n) is 6.41. The number of carbonyl (C=O) groups is 2. The van der Waals surface area contributed by atoms with Crippen LogP contribution in [0.25, 0.3) is 0 Å². The second kappa shape index (κ2) is 5.17. The maximum Gasteiger partial charge on any atom is 0.224 e. The number of carbonyl (C=O) groups excluding carboxylic acids is 2. The van der Waals surface area contributed by atoms with Crippen molar-refractivity contribution in [3.63, 3.8) is 0 Å². The van der Waals surface area contributed by atoms with Gasteiger partial charge in [-0.15, -0.1) is 0 Å². The van der Waals surface area contributed by atoms with E-state index in [1.165, 1.54) is 0 Å². The molecule has 0 radical (unpaired) electrons. The van der Waals surface area contributed by atoms with Crippen molar-refractivity contribution in [2.75, 3.05) is 5.32 Å². The highest BCUT2D eigenvalue weighted by Crippen LogP contribution is 2.30. The molecule has 3 rings (SSSR count). The van der Waals surface area contributed by atoms with Crippen molar-refractivity contribution in [1.82, 2.24) is 0 Å². The van der Waals surface area contributed by atoms with E-state index in [2.05, 4.69) is 5.32 Å². The Bertz CT molecular complexity index is 679. The molecule has 0 spiro atoms. The first-order valence-corrected chi connectivity index (χ1v) is 6.41. The van der Waals surface area contributed by atoms with Gasteiger partial charge >= 0.3 is 0 Å². The van der Waals surface area contributed by atoms with Gasteiger partial charge in [0.05, 0.1) is 5.56 Å². The van der Waals surface area contributed by atoms with Gasteiger partial charge < -0.3 is 10.1 Å². The Kier molecular flexibility index (Phi) is 3.21. The fourth-order valence-electron chi connectivity index (χ4n) is 2.22. The molecule has 4 nitrogen and oxygen atoms in total. The first kappa shape index (κ1) is 12.4. The fourth-order valence-corrected chi connectivity index (χ4v) is 2.22. The van der Waals surface area contributed by atoms with Crippen LogP contribution >= 0.6 is 0 Å². The molecule has 0 bridgehead atoms. The van der Waals surface area contributed by atoms with E-state index in [-0.39, 0.29) is 5.91 Å². The van der Waals surface area contributed by atoms with E-state index in [0.29, 0.717) is 29.9 Å². The molecule has 2 aromatic carbocycles. The summed E-state index contributed by atoms with van der Waals surface area (Å²) in [5.74, 6) is 1.23. The summed E-state index contributed by atoms with van der Waals surface area (Å²) in [6.45, 7) is 0. The number of hydrogen-bond acceptors (Lipinski definition) is 3. The van der Waals surface area contributed by atoms with E-state index < -0.39 is 0 Å². The van der Waals surface area contributed by atoms with Crippen molar-refractivity contribution in [1.29, 1.82) is 0 Å². The number of amides is 1. The van der Waals surface area contributed by atoms with Crippen LogP contribution in [-0.4, -0.2) is 12.2 Å². The van der Waals surface area contributed by atoms with E-state index in [1.54, 1.807) is 24.3 Å². The predicted octanol–water partition coefficient (Wildman–Crippen LogP) is 3.18. The second-order valence-electron chi connectivity index (χ2n) is 4.62. The van der Waals surface area contributed by atoms with Gasteiger partial charge in [-0.05, 0) is 42.3 Å². The third-order valence-corrected chi connectivity index (χ3v) is 3.25. The van der Waals surface area contributed by atoms with Crippen LogP contribution in [0.3, 0.4) is 0 Å². The standard InChI is InChI=1S/C16H13NO3/c18-10-12-3-1-2-4-15(12)20-13-6-7-14-11(9-13)5-8-16(19)17-14/h1-4,6-7,9-10H,5,8H2,(H,17,19). The molecule has 0 saturated carbocycles. The van der Waals surface area contributed by atoms with Gasteiger partial charge in [-0.25, -0.2) is 0 Å². The minimum atomic E-state index is 0.0393. The van der Waals surface area contributed by atoms with Crippen LogP contribution in [-0.2, 0) is 11.2 Å². The van der Waals surface area contributed by atoms with E-state index in [4.69, 9.17) is 4.74 Å². The van der Waals surface area contributed by atoms with Crippen LogP contribution in [0.15, 0.2) is 42.5 Å². The van der Waals surface area contributed by atoms with Crippen molar-refractivity contribution in [2.45, 2.75) is 12.8 Å². The average Bonchev–Trinajstić information content (AvgIpc) is 2.48. The van der Waals surface area contributed by atoms with E-state index >= 15 is 0 Å². The lowest BCUT2D eigenvalue weighted by atomic mass is 10.0. The van der Waals surface area contributed by atoms with Gasteiger partial charge in [0, 0.05) is 12.1 Å². The molecule has 0 aromatic heterocycles. The van der Waals surface area contributed by atoms with Gasteiger partial charge in [0.1, 0.15) is 11.5 Å². The Morgan fingerprint density at radius 2 is 1.95 bits per heavy atom. The van der Waals surface area contributed by atoms with Crippen molar-refractivity contribution in [3.05, 3.63) is 53.6 Å². The summed E-state index contributed by atoms with van der Waals surface area (Å²) in [6.07, 6.45) is 1.96. The molecule has 0 saturated heterocycles. The molecule has 4 heteroatoms. The lowest BCUT2D eigenvalue weighted by Gasteiger charge is -2.17. The zero-order valence-corrected chi connectivity index (χ0v) is 10.8. The van der Waals surface area contributed by atoms with Crippen LogP contribution in [0.2, 0.25) is 0 Å². The average molecular weight is 267 g/mol. The largest absolute Gasteiger partial charge is 0.457 e. The number of aldehydes is 1. The van der Waals surface area contributed by atoms with Gasteiger partial charge in [0.25, 0.3) is 0 Å². The topological polar surface area (TPSA) is 55.4 Å². The Labute approximate surface area is 116 Å². The van der Waals surface area contributed by atoms with Gasteiger partial charge in [-0.1, -0.05) is 12.1 Å². The summed E-state index contributed by atoms with van der Waals surface area (Å²) in [6, 6.07) is 12.6. The maximum absolute atomic E-state index is 11.3. The maximum atomic E-state index is 11.3. The normalized spacial score (nSPS) is 13.3. The minimum absolute atomic E-state index is 0.0393. The van der Waals surface area contributed by atoms with Crippen molar-refractivity contribution < 1.29 is 14.3 Å². The number of benzene rings is 2. The van der Waals surface area contributed by atoms with Crippen LogP contribution < -0.4 is 10.1 Å². The van der Waals surface area contributed by atoms with Gasteiger partial charge in [0.2, 0.25) is 5.91 Å². The van der Waals surface area contributed by atoms with E-state index in [0.717, 1.165) is 17.5 Å². The minimum Gasteiger partial charge on any atom is -0.457 e. The molecule has 1 heterocycles. The molecule has 2 aromatic rings. The summed E-state index contributed by atoms with van der Waals surface area (Å²) in [4.78, 5) is 22.3. The summed E-state index contributed by atoms with van der Waals surface area (Å²) in [5, 5.41) is 2.82. The molecular weight excluding hydrogens is 254 g/mol. The molecule has 0 fully saturated rings. The lowest BCUT2D eigenvalue weighted by Crippen LogP contribution is -2.18. The molecule has 1 N–H and O–H groups in total. The Balaban J connectivity index is 1.88. The number of hydrogen-bond donors (Lipinski definition) is 1. The van der Waals surface area contributed by atoms with Crippen LogP contribution in [0.1, 0.15) is 22.3 Å². The highest BCUT2D eigenvalue weighted by atomic mass is 16.5. The summed E-state index contributed by atoms with van der Waals surface area (Å²) in [5.41, 5.74) is 2.39. The molecule has 0 atom stereocenters. The molecule has 1 amide bonds. The quantitative estimate of drug-likeness (QED) is 0.869. The number of ether oxygens (including phenoxy) is 1. The zero-order chi connectivity index (χ0) is 13.9. The highest BCUT2D eigenvalue weighted by Gasteiger charge is 2.15. The molecule has 1 aliphatic heterocycles. The second-order valence-corrected chi connectivity index (χ2v) is 4.62. The van der Waals surface area contributed by atoms with Crippen molar-refractivity contribution >= 4 is 17.9 Å². The number of fused-ring (bicyclic) bond motifs is 1. The third kappa shape index (κ3) is 2.40. The first-order chi connectivity index (χ1) is 9.76. The number of anilines is 1.